The molecule has 4 rings (SSSR count). The predicted octanol–water partition coefficient (Wildman–Crippen LogP) is 1.72. The Morgan fingerprint density at radius 2 is 1.56 bits per heavy atom. The fourth-order valence-corrected chi connectivity index (χ4v) is 7.35. The molecular formula is C26H34O10. The highest BCUT2D eigenvalue weighted by atomic mass is 16.6. The monoisotopic (exact) mass is 506 g/mol. The minimum atomic E-state index is -1.90. The SMILES string of the molecule is CC(=O)O[C@@H]1[C@@H]2[C@H](C=C3OC(=O)C=C3[C@@]2(C)O)[C@@]2(C)[C@@H](OC(C)=O)CCC(C)(C)[C@]2(O)[C@H]1OC(C)=O. The molecule has 0 saturated heterocycles. The Hall–Kier alpha value is -2.72. The number of rotatable bonds is 3. The minimum Gasteiger partial charge on any atom is -0.462 e. The van der Waals surface area contributed by atoms with Crippen LogP contribution in [0.1, 0.15) is 61.3 Å². The first-order chi connectivity index (χ1) is 16.5. The van der Waals surface area contributed by atoms with Crippen molar-refractivity contribution >= 4 is 23.9 Å². The molecule has 198 valence electrons. The van der Waals surface area contributed by atoms with Crippen molar-refractivity contribution in [3.63, 3.8) is 0 Å². The Balaban J connectivity index is 2.08. The van der Waals surface area contributed by atoms with Crippen LogP contribution >= 0.6 is 0 Å². The zero-order chi connectivity index (χ0) is 27.0. The van der Waals surface area contributed by atoms with Crippen molar-refractivity contribution in [2.24, 2.45) is 22.7 Å². The first-order valence-corrected chi connectivity index (χ1v) is 12.1. The van der Waals surface area contributed by atoms with E-state index in [0.29, 0.717) is 12.8 Å². The average molecular weight is 507 g/mol. The van der Waals surface area contributed by atoms with Gasteiger partial charge in [0.05, 0.1) is 5.60 Å². The molecule has 0 aromatic rings. The highest BCUT2D eigenvalue weighted by Crippen LogP contribution is 2.68. The largest absolute Gasteiger partial charge is 0.462 e. The third-order valence-electron chi connectivity index (χ3n) is 8.86. The molecule has 0 aromatic carbocycles. The van der Waals surface area contributed by atoms with Gasteiger partial charge in [0.2, 0.25) is 0 Å². The lowest BCUT2D eigenvalue weighted by molar-refractivity contribution is -0.340. The number of fused-ring (bicyclic) bond motifs is 4. The van der Waals surface area contributed by atoms with Gasteiger partial charge in [0.1, 0.15) is 23.6 Å². The van der Waals surface area contributed by atoms with Gasteiger partial charge in [-0.3, -0.25) is 14.4 Å². The fraction of sp³-hybridized carbons (Fsp3) is 0.692. The molecule has 4 aliphatic rings. The molecule has 8 atom stereocenters. The van der Waals surface area contributed by atoms with Crippen LogP contribution in [0.2, 0.25) is 0 Å². The topological polar surface area (TPSA) is 146 Å². The Morgan fingerprint density at radius 3 is 2.11 bits per heavy atom. The number of hydrogen-bond acceptors (Lipinski definition) is 10. The lowest BCUT2D eigenvalue weighted by atomic mass is 9.39. The second-order valence-corrected chi connectivity index (χ2v) is 11.4. The van der Waals surface area contributed by atoms with Gasteiger partial charge >= 0.3 is 23.9 Å². The molecule has 3 aliphatic carbocycles. The van der Waals surface area contributed by atoms with Crippen molar-refractivity contribution in [1.29, 1.82) is 0 Å². The van der Waals surface area contributed by atoms with Crippen LogP contribution < -0.4 is 0 Å². The summed E-state index contributed by atoms with van der Waals surface area (Å²) in [6.45, 7) is 10.4. The summed E-state index contributed by atoms with van der Waals surface area (Å²) in [5, 5.41) is 24.7. The van der Waals surface area contributed by atoms with Gasteiger partial charge in [-0.05, 0) is 31.3 Å². The summed E-state index contributed by atoms with van der Waals surface area (Å²) in [7, 11) is 0. The number of aliphatic hydroxyl groups is 2. The van der Waals surface area contributed by atoms with Crippen LogP contribution in [0, 0.1) is 22.7 Å². The Labute approximate surface area is 209 Å². The molecule has 10 heteroatoms. The number of ether oxygens (including phenoxy) is 4. The fourth-order valence-electron chi connectivity index (χ4n) is 7.35. The predicted molar refractivity (Wildman–Crippen MR) is 123 cm³/mol. The van der Waals surface area contributed by atoms with Gasteiger partial charge in [0.25, 0.3) is 0 Å². The van der Waals surface area contributed by atoms with E-state index in [1.165, 1.54) is 33.8 Å². The number of carbonyl (C=O) groups is 4. The lowest BCUT2D eigenvalue weighted by Crippen LogP contribution is -2.81. The van der Waals surface area contributed by atoms with Crippen molar-refractivity contribution in [2.45, 2.75) is 90.8 Å². The number of allylic oxidation sites excluding steroid dienone is 1. The molecule has 1 heterocycles. The standard InChI is InChI=1S/C26H34O10/c1-12(27)33-18-8-9-23(4,5)26(32)22(35-14(3)29)21(34-13(2)28)20-16(24(18,26)6)10-17-15(25(20,7)31)11-19(30)36-17/h10-11,16,18,20-22,31-32H,8-9H2,1-7H3/t16-,18-,20-,21+,22-,24-,25+,26+/m0/s1. The minimum absolute atomic E-state index is 0.132. The van der Waals surface area contributed by atoms with Gasteiger partial charge in [-0.2, -0.15) is 0 Å². The molecule has 0 unspecified atom stereocenters. The number of esters is 4. The van der Waals surface area contributed by atoms with E-state index in [9.17, 15) is 29.4 Å². The highest BCUT2D eigenvalue weighted by molar-refractivity contribution is 5.89. The zero-order valence-corrected chi connectivity index (χ0v) is 21.6. The maximum absolute atomic E-state index is 12.8. The maximum Gasteiger partial charge on any atom is 0.336 e. The van der Waals surface area contributed by atoms with Crippen molar-refractivity contribution in [3.8, 4) is 0 Å². The summed E-state index contributed by atoms with van der Waals surface area (Å²) >= 11 is 0. The molecule has 1 aliphatic heterocycles. The van der Waals surface area contributed by atoms with Crippen LogP contribution in [0.4, 0.5) is 0 Å². The van der Waals surface area contributed by atoms with E-state index in [0.717, 1.165) is 0 Å². The van der Waals surface area contributed by atoms with Gasteiger partial charge in [0.15, 0.2) is 6.10 Å². The third kappa shape index (κ3) is 3.44. The molecule has 0 radical (unpaired) electrons. The molecule has 0 aromatic heterocycles. The second-order valence-electron chi connectivity index (χ2n) is 11.4. The van der Waals surface area contributed by atoms with E-state index < -0.39 is 76.1 Å². The summed E-state index contributed by atoms with van der Waals surface area (Å²) in [5.74, 6) is -4.34. The van der Waals surface area contributed by atoms with Crippen LogP contribution in [0.15, 0.2) is 23.5 Å². The van der Waals surface area contributed by atoms with Crippen molar-refractivity contribution in [1.82, 2.24) is 0 Å². The van der Waals surface area contributed by atoms with Gasteiger partial charge in [-0.15, -0.1) is 0 Å². The molecule has 2 saturated carbocycles. The van der Waals surface area contributed by atoms with Crippen LogP contribution in [0.5, 0.6) is 0 Å². The van der Waals surface area contributed by atoms with E-state index in [1.807, 2.05) is 13.8 Å². The highest BCUT2D eigenvalue weighted by Gasteiger charge is 2.78. The van der Waals surface area contributed by atoms with E-state index in [2.05, 4.69) is 0 Å². The van der Waals surface area contributed by atoms with Gasteiger partial charge in [-0.25, -0.2) is 4.79 Å². The van der Waals surface area contributed by atoms with E-state index in [-0.39, 0.29) is 11.3 Å². The van der Waals surface area contributed by atoms with Crippen LogP contribution in [-0.2, 0) is 38.1 Å². The van der Waals surface area contributed by atoms with Crippen molar-refractivity contribution < 1.29 is 48.3 Å². The van der Waals surface area contributed by atoms with Gasteiger partial charge in [0, 0.05) is 49.7 Å². The smallest absolute Gasteiger partial charge is 0.336 e. The maximum atomic E-state index is 12.8. The Kier molecular flexibility index (Phi) is 5.96. The molecule has 0 spiro atoms. The molecular weight excluding hydrogens is 472 g/mol. The van der Waals surface area contributed by atoms with Crippen LogP contribution in [-0.4, -0.2) is 63.6 Å². The van der Waals surface area contributed by atoms with E-state index in [4.69, 9.17) is 18.9 Å². The zero-order valence-electron chi connectivity index (χ0n) is 21.6. The third-order valence-corrected chi connectivity index (χ3v) is 8.86. The van der Waals surface area contributed by atoms with Gasteiger partial charge < -0.3 is 29.2 Å². The molecule has 2 N–H and O–H groups in total. The first-order valence-electron chi connectivity index (χ1n) is 12.1. The van der Waals surface area contributed by atoms with E-state index >= 15 is 0 Å². The Morgan fingerprint density at radius 1 is 0.972 bits per heavy atom. The molecule has 36 heavy (non-hydrogen) atoms. The first kappa shape index (κ1) is 26.3. The average Bonchev–Trinajstić information content (AvgIpc) is 3.11. The summed E-state index contributed by atoms with van der Waals surface area (Å²) in [6.07, 6.45) is 0.00733. The van der Waals surface area contributed by atoms with Gasteiger partial charge in [-0.1, -0.05) is 20.8 Å². The summed E-state index contributed by atoms with van der Waals surface area (Å²) in [5.41, 5.74) is -5.79. The molecule has 0 amide bonds. The van der Waals surface area contributed by atoms with Crippen LogP contribution in [0.25, 0.3) is 0 Å². The van der Waals surface area contributed by atoms with Crippen molar-refractivity contribution in [2.75, 3.05) is 0 Å². The quantitative estimate of drug-likeness (QED) is 0.428. The number of carbonyl (C=O) groups excluding carboxylic acids is 4. The molecule has 2 fully saturated rings. The Bertz CT molecular complexity index is 1080. The summed E-state index contributed by atoms with van der Waals surface area (Å²) in [6, 6.07) is 0. The second kappa shape index (κ2) is 8.14. The number of hydrogen-bond donors (Lipinski definition) is 2. The van der Waals surface area contributed by atoms with E-state index in [1.54, 1.807) is 13.0 Å². The lowest BCUT2D eigenvalue weighted by Gasteiger charge is -2.70. The normalized spacial score (nSPS) is 42.5. The van der Waals surface area contributed by atoms with Crippen LogP contribution in [0.3, 0.4) is 0 Å². The molecule has 0 bridgehead atoms. The summed E-state index contributed by atoms with van der Waals surface area (Å²) in [4.78, 5) is 49.1. The van der Waals surface area contributed by atoms with Crippen molar-refractivity contribution in [3.05, 3.63) is 23.5 Å². The summed E-state index contributed by atoms with van der Waals surface area (Å²) < 4.78 is 22.6. The molecule has 10 nitrogen and oxygen atoms in total.